The van der Waals surface area contributed by atoms with Gasteiger partial charge in [0.15, 0.2) is 0 Å². The minimum absolute atomic E-state index is 0.147. The second-order valence-corrected chi connectivity index (χ2v) is 6.14. The number of hydrogen-bond donors (Lipinski definition) is 1. The van der Waals surface area contributed by atoms with Crippen LogP contribution in [0.25, 0.3) is 0 Å². The van der Waals surface area contributed by atoms with Crippen LogP contribution in [-0.4, -0.2) is 21.0 Å². The second-order valence-electron chi connectivity index (χ2n) is 4.46. The second kappa shape index (κ2) is 5.88. The third-order valence-electron chi connectivity index (χ3n) is 2.96. The third kappa shape index (κ3) is 3.33. The number of para-hydroxylation sites is 3. The molecule has 0 aliphatic carbocycles. The summed E-state index contributed by atoms with van der Waals surface area (Å²) in [4.78, 5) is 1.59. The minimum Gasteiger partial charge on any atom is -0.343 e. The van der Waals surface area contributed by atoms with Gasteiger partial charge >= 0.3 is 15.5 Å². The van der Waals surface area contributed by atoms with Crippen molar-refractivity contribution in [3.63, 3.8) is 0 Å². The smallest absolute Gasteiger partial charge is 0.343 e. The topological polar surface area (TPSA) is 49.4 Å². The van der Waals surface area contributed by atoms with Crippen molar-refractivity contribution in [2.75, 3.05) is 16.7 Å². The van der Waals surface area contributed by atoms with Crippen LogP contribution in [0.2, 0.25) is 0 Å². The molecule has 0 aromatic heterocycles. The molecule has 0 heterocycles. The van der Waals surface area contributed by atoms with Crippen LogP contribution in [0, 0.1) is 0 Å². The van der Waals surface area contributed by atoms with Crippen molar-refractivity contribution in [3.05, 3.63) is 54.6 Å². The molecule has 0 bridgehead atoms. The van der Waals surface area contributed by atoms with Crippen LogP contribution in [0.15, 0.2) is 54.6 Å². The van der Waals surface area contributed by atoms with E-state index in [1.54, 1.807) is 53.1 Å². The van der Waals surface area contributed by atoms with Crippen molar-refractivity contribution in [1.29, 1.82) is 0 Å². The predicted octanol–water partition coefficient (Wildman–Crippen LogP) is 3.72. The minimum atomic E-state index is -5.47. The fourth-order valence-electron chi connectivity index (χ4n) is 1.85. The SMILES string of the molecule is CN(c1ccccc1)c1ccccc1NS(=O)(=O)C(F)(F)F. The molecular formula is C14H13F3N2O2S. The molecule has 0 aliphatic rings. The number of hydrogen-bond acceptors (Lipinski definition) is 3. The van der Waals surface area contributed by atoms with Gasteiger partial charge in [-0.3, -0.25) is 4.72 Å². The Morgan fingerprint density at radius 2 is 1.50 bits per heavy atom. The van der Waals surface area contributed by atoms with Crippen LogP contribution in [0.4, 0.5) is 30.2 Å². The molecule has 0 saturated carbocycles. The maximum absolute atomic E-state index is 12.5. The van der Waals surface area contributed by atoms with E-state index in [2.05, 4.69) is 0 Å². The highest BCUT2D eigenvalue weighted by Crippen LogP contribution is 2.33. The first-order valence-electron chi connectivity index (χ1n) is 6.19. The van der Waals surface area contributed by atoms with Gasteiger partial charge in [0.1, 0.15) is 0 Å². The van der Waals surface area contributed by atoms with Gasteiger partial charge in [-0.15, -0.1) is 0 Å². The number of benzene rings is 2. The largest absolute Gasteiger partial charge is 0.516 e. The first-order chi connectivity index (χ1) is 10.2. The van der Waals surface area contributed by atoms with Gasteiger partial charge in [0.05, 0.1) is 11.4 Å². The van der Waals surface area contributed by atoms with Crippen LogP contribution in [0.1, 0.15) is 0 Å². The highest BCUT2D eigenvalue weighted by atomic mass is 32.2. The molecule has 8 heteroatoms. The Labute approximate surface area is 126 Å². The molecule has 2 rings (SSSR count). The molecule has 2 aromatic rings. The van der Waals surface area contributed by atoms with Crippen LogP contribution in [0.5, 0.6) is 0 Å². The van der Waals surface area contributed by atoms with E-state index in [9.17, 15) is 21.6 Å². The molecule has 0 saturated heterocycles. The number of nitrogens with one attached hydrogen (secondary N) is 1. The van der Waals surface area contributed by atoms with E-state index >= 15 is 0 Å². The van der Waals surface area contributed by atoms with Crippen LogP contribution in [-0.2, 0) is 10.0 Å². The number of alkyl halides is 3. The monoisotopic (exact) mass is 330 g/mol. The van der Waals surface area contributed by atoms with Crippen molar-refractivity contribution >= 4 is 27.1 Å². The standard InChI is InChI=1S/C14H13F3N2O2S/c1-19(11-7-3-2-4-8-11)13-10-6-5-9-12(13)18-22(20,21)14(15,16)17/h2-10,18H,1H3. The summed E-state index contributed by atoms with van der Waals surface area (Å²) >= 11 is 0. The summed E-state index contributed by atoms with van der Waals surface area (Å²) in [6.45, 7) is 0. The van der Waals surface area contributed by atoms with E-state index in [-0.39, 0.29) is 5.69 Å². The maximum atomic E-state index is 12.5. The van der Waals surface area contributed by atoms with Gasteiger partial charge in [0, 0.05) is 12.7 Å². The molecule has 0 radical (unpaired) electrons. The van der Waals surface area contributed by atoms with Gasteiger partial charge in [-0.2, -0.15) is 21.6 Å². The highest BCUT2D eigenvalue weighted by Gasteiger charge is 2.46. The maximum Gasteiger partial charge on any atom is 0.516 e. The average Bonchev–Trinajstić information content (AvgIpc) is 2.46. The lowest BCUT2D eigenvalue weighted by Crippen LogP contribution is -2.30. The van der Waals surface area contributed by atoms with Crippen molar-refractivity contribution < 1.29 is 21.6 Å². The summed E-state index contributed by atoms with van der Waals surface area (Å²) < 4.78 is 61.7. The fourth-order valence-corrected chi connectivity index (χ4v) is 2.42. The number of sulfonamides is 1. The quantitative estimate of drug-likeness (QED) is 0.929. The third-order valence-corrected chi connectivity index (χ3v) is 4.06. The fraction of sp³-hybridized carbons (Fsp3) is 0.143. The van der Waals surface area contributed by atoms with Gasteiger partial charge < -0.3 is 4.90 Å². The zero-order chi connectivity index (χ0) is 16.4. The van der Waals surface area contributed by atoms with Crippen LogP contribution in [0.3, 0.4) is 0 Å². The zero-order valence-corrected chi connectivity index (χ0v) is 12.3. The van der Waals surface area contributed by atoms with Gasteiger partial charge in [0.25, 0.3) is 0 Å². The van der Waals surface area contributed by atoms with Gasteiger partial charge in [-0.1, -0.05) is 30.3 Å². The van der Waals surface area contributed by atoms with E-state index in [4.69, 9.17) is 0 Å². The number of nitrogens with zero attached hydrogens (tertiary/aromatic N) is 1. The average molecular weight is 330 g/mol. The number of anilines is 3. The molecule has 0 atom stereocenters. The molecule has 0 unspecified atom stereocenters. The molecule has 1 N–H and O–H groups in total. The van der Waals surface area contributed by atoms with Crippen molar-refractivity contribution in [3.8, 4) is 0 Å². The van der Waals surface area contributed by atoms with E-state index in [1.807, 2.05) is 0 Å². The first-order valence-corrected chi connectivity index (χ1v) is 7.67. The Bertz CT molecular complexity index is 746. The summed E-state index contributed by atoms with van der Waals surface area (Å²) in [6, 6.07) is 14.7. The normalized spacial score (nSPS) is 12.0. The lowest BCUT2D eigenvalue weighted by molar-refractivity contribution is -0.0429. The Morgan fingerprint density at radius 1 is 0.955 bits per heavy atom. The molecule has 0 aliphatic heterocycles. The van der Waals surface area contributed by atoms with E-state index in [0.29, 0.717) is 11.4 Å². The van der Waals surface area contributed by atoms with Crippen LogP contribution < -0.4 is 9.62 Å². The molecule has 0 fully saturated rings. The molecule has 118 valence electrons. The molecule has 22 heavy (non-hydrogen) atoms. The van der Waals surface area contributed by atoms with Crippen molar-refractivity contribution in [2.24, 2.45) is 0 Å². The summed E-state index contributed by atoms with van der Waals surface area (Å²) in [5.74, 6) is 0. The number of rotatable bonds is 4. The first kappa shape index (κ1) is 16.2. The Morgan fingerprint density at radius 3 is 2.09 bits per heavy atom. The zero-order valence-electron chi connectivity index (χ0n) is 11.5. The van der Waals surface area contributed by atoms with Crippen molar-refractivity contribution in [2.45, 2.75) is 5.51 Å². The Balaban J connectivity index is 2.40. The summed E-state index contributed by atoms with van der Waals surface area (Å²) in [5, 5.41) is 0. The molecule has 0 amide bonds. The van der Waals surface area contributed by atoms with Crippen LogP contribution >= 0.6 is 0 Å². The summed E-state index contributed by atoms with van der Waals surface area (Å²) in [5.41, 5.74) is -4.50. The van der Waals surface area contributed by atoms with E-state index in [1.165, 1.54) is 18.2 Å². The predicted molar refractivity (Wildman–Crippen MR) is 79.5 cm³/mol. The molecule has 4 nitrogen and oxygen atoms in total. The lowest BCUT2D eigenvalue weighted by atomic mass is 10.2. The van der Waals surface area contributed by atoms with Crippen molar-refractivity contribution in [1.82, 2.24) is 0 Å². The van der Waals surface area contributed by atoms with Gasteiger partial charge in [-0.05, 0) is 24.3 Å². The van der Waals surface area contributed by atoms with Gasteiger partial charge in [0.2, 0.25) is 0 Å². The molecular weight excluding hydrogens is 317 g/mol. The summed E-state index contributed by atoms with van der Waals surface area (Å²) in [6.07, 6.45) is 0. The van der Waals surface area contributed by atoms with E-state index < -0.39 is 15.5 Å². The Hall–Kier alpha value is -2.22. The van der Waals surface area contributed by atoms with E-state index in [0.717, 1.165) is 0 Å². The molecule has 2 aromatic carbocycles. The Kier molecular flexibility index (Phi) is 4.32. The van der Waals surface area contributed by atoms with Gasteiger partial charge in [-0.25, -0.2) is 0 Å². The highest BCUT2D eigenvalue weighted by molar-refractivity contribution is 7.93. The molecule has 0 spiro atoms. The summed E-state index contributed by atoms with van der Waals surface area (Å²) in [7, 11) is -3.83. The number of halogens is 3. The lowest BCUT2D eigenvalue weighted by Gasteiger charge is -2.23.